The number of carbonyl (C=O) groups excluding carboxylic acids is 1. The molecule has 4 bridgehead atoms. The van der Waals surface area contributed by atoms with Crippen molar-refractivity contribution in [2.75, 3.05) is 0 Å². The third-order valence-electron chi connectivity index (χ3n) is 7.23. The molecule has 4 aliphatic rings. The van der Waals surface area contributed by atoms with Crippen LogP contribution in [-0.2, 0) is 6.54 Å². The van der Waals surface area contributed by atoms with Crippen LogP contribution in [0.1, 0.15) is 61.5 Å². The van der Waals surface area contributed by atoms with Gasteiger partial charge in [-0.25, -0.2) is 0 Å². The van der Waals surface area contributed by atoms with E-state index in [0.717, 1.165) is 51.5 Å². The number of nitrogens with one attached hydrogen (secondary N) is 1. The summed E-state index contributed by atoms with van der Waals surface area (Å²) in [7, 11) is 0. The van der Waals surface area contributed by atoms with Gasteiger partial charge in [-0.05, 0) is 93.9 Å². The second kappa shape index (κ2) is 5.76. The van der Waals surface area contributed by atoms with Gasteiger partial charge in [-0.15, -0.1) is 0 Å². The van der Waals surface area contributed by atoms with Crippen molar-refractivity contribution < 1.29 is 4.79 Å². The molecule has 138 valence electrons. The quantitative estimate of drug-likeness (QED) is 0.779. The molecule has 4 saturated carbocycles. The van der Waals surface area contributed by atoms with E-state index in [9.17, 15) is 4.79 Å². The average Bonchev–Trinajstić information content (AvgIpc) is 2.85. The fraction of sp³-hybridized carbons (Fsp3) is 0.591. The van der Waals surface area contributed by atoms with Crippen molar-refractivity contribution in [3.8, 4) is 0 Å². The monoisotopic (exact) mass is 370 g/mol. The van der Waals surface area contributed by atoms with Crippen LogP contribution in [0, 0.1) is 24.7 Å². The van der Waals surface area contributed by atoms with E-state index in [1.807, 2.05) is 18.2 Å². The van der Waals surface area contributed by atoms with Gasteiger partial charge in [0.25, 0.3) is 5.91 Å². The largest absolute Gasteiger partial charge is 0.345 e. The molecule has 6 rings (SSSR count). The second-order valence-electron chi connectivity index (χ2n) is 9.03. The summed E-state index contributed by atoms with van der Waals surface area (Å²) in [6, 6.07) is 5.94. The summed E-state index contributed by atoms with van der Waals surface area (Å²) in [6.45, 7) is 4.95. The molecule has 4 heteroatoms. The van der Waals surface area contributed by atoms with Gasteiger partial charge in [0.1, 0.15) is 5.69 Å². The predicted molar refractivity (Wildman–Crippen MR) is 106 cm³/mol. The first-order chi connectivity index (χ1) is 12.5. The Bertz CT molecular complexity index is 862. The maximum Gasteiger partial charge on any atom is 0.268 e. The SMILES string of the molecule is CCn1c(C(=O)NC23CC4CC(CC(C4)C2)C3)c(C)c2cc(Cl)ccc21. The Morgan fingerprint density at radius 3 is 2.38 bits per heavy atom. The van der Waals surface area contributed by atoms with E-state index < -0.39 is 0 Å². The summed E-state index contributed by atoms with van der Waals surface area (Å²) in [6.07, 6.45) is 7.72. The number of aryl methyl sites for hydroxylation is 2. The summed E-state index contributed by atoms with van der Waals surface area (Å²) in [4.78, 5) is 13.4. The summed E-state index contributed by atoms with van der Waals surface area (Å²) in [5.41, 5.74) is 3.02. The molecule has 0 radical (unpaired) electrons. The number of benzene rings is 1. The Kier molecular flexibility index (Phi) is 3.69. The summed E-state index contributed by atoms with van der Waals surface area (Å²) < 4.78 is 2.15. The van der Waals surface area contributed by atoms with Crippen LogP contribution in [0.4, 0.5) is 0 Å². The van der Waals surface area contributed by atoms with Crippen molar-refractivity contribution >= 4 is 28.4 Å². The second-order valence-corrected chi connectivity index (χ2v) is 9.47. The van der Waals surface area contributed by atoms with Crippen molar-refractivity contribution in [3.05, 3.63) is 34.5 Å². The first-order valence-electron chi connectivity index (χ1n) is 10.1. The number of aromatic nitrogens is 1. The van der Waals surface area contributed by atoms with E-state index in [0.29, 0.717) is 0 Å². The average molecular weight is 371 g/mol. The smallest absolute Gasteiger partial charge is 0.268 e. The molecule has 1 heterocycles. The molecule has 0 aliphatic heterocycles. The fourth-order valence-electron chi connectivity index (χ4n) is 6.68. The highest BCUT2D eigenvalue weighted by Crippen LogP contribution is 2.55. The zero-order valence-electron chi connectivity index (χ0n) is 15.6. The number of amides is 1. The molecule has 0 atom stereocenters. The van der Waals surface area contributed by atoms with Crippen LogP contribution in [0.2, 0.25) is 5.02 Å². The van der Waals surface area contributed by atoms with E-state index in [1.54, 1.807) is 0 Å². The lowest BCUT2D eigenvalue weighted by molar-refractivity contribution is -0.0168. The van der Waals surface area contributed by atoms with Gasteiger partial charge in [-0.3, -0.25) is 4.79 Å². The molecule has 3 nitrogen and oxygen atoms in total. The molecule has 4 aliphatic carbocycles. The van der Waals surface area contributed by atoms with Gasteiger partial charge in [0, 0.05) is 28.0 Å². The summed E-state index contributed by atoms with van der Waals surface area (Å²) in [5.74, 6) is 2.61. The number of hydrogen-bond acceptors (Lipinski definition) is 1. The number of nitrogens with zero attached hydrogens (tertiary/aromatic N) is 1. The van der Waals surface area contributed by atoms with Crippen molar-refractivity contribution in [1.82, 2.24) is 9.88 Å². The number of halogens is 1. The molecule has 2 aromatic rings. The fourth-order valence-corrected chi connectivity index (χ4v) is 6.85. The minimum absolute atomic E-state index is 0.0466. The van der Waals surface area contributed by atoms with Gasteiger partial charge >= 0.3 is 0 Å². The predicted octanol–water partition coefficient (Wildman–Crippen LogP) is 5.32. The Hall–Kier alpha value is -1.48. The molecule has 1 N–H and O–H groups in total. The molecule has 4 fully saturated rings. The third kappa shape index (κ3) is 2.43. The number of hydrogen-bond donors (Lipinski definition) is 1. The number of rotatable bonds is 3. The normalized spacial score (nSPS) is 32.3. The van der Waals surface area contributed by atoms with Gasteiger partial charge in [0.2, 0.25) is 0 Å². The third-order valence-corrected chi connectivity index (χ3v) is 7.46. The van der Waals surface area contributed by atoms with Gasteiger partial charge in [0.15, 0.2) is 0 Å². The molecule has 1 aromatic heterocycles. The van der Waals surface area contributed by atoms with Crippen LogP contribution in [0.5, 0.6) is 0 Å². The molecule has 1 amide bonds. The van der Waals surface area contributed by atoms with Gasteiger partial charge in [-0.2, -0.15) is 0 Å². The molecule has 0 spiro atoms. The molecule has 1 aromatic carbocycles. The minimum Gasteiger partial charge on any atom is -0.345 e. The van der Waals surface area contributed by atoms with Crippen LogP contribution in [-0.4, -0.2) is 16.0 Å². The van der Waals surface area contributed by atoms with E-state index in [4.69, 9.17) is 11.6 Å². The number of carbonyl (C=O) groups is 1. The van der Waals surface area contributed by atoms with Crippen molar-refractivity contribution in [3.63, 3.8) is 0 Å². The van der Waals surface area contributed by atoms with Gasteiger partial charge in [-0.1, -0.05) is 11.6 Å². The van der Waals surface area contributed by atoms with Crippen molar-refractivity contribution in [2.24, 2.45) is 17.8 Å². The Morgan fingerprint density at radius 1 is 1.19 bits per heavy atom. The highest BCUT2D eigenvalue weighted by atomic mass is 35.5. The lowest BCUT2D eigenvalue weighted by Crippen LogP contribution is -2.60. The highest BCUT2D eigenvalue weighted by molar-refractivity contribution is 6.31. The minimum atomic E-state index is 0.0466. The van der Waals surface area contributed by atoms with E-state index in [-0.39, 0.29) is 11.4 Å². The first-order valence-corrected chi connectivity index (χ1v) is 10.5. The molecule has 0 saturated heterocycles. The Balaban J connectivity index is 1.52. The van der Waals surface area contributed by atoms with Crippen LogP contribution >= 0.6 is 11.6 Å². The van der Waals surface area contributed by atoms with Crippen molar-refractivity contribution in [1.29, 1.82) is 0 Å². The molecule has 0 unspecified atom stereocenters. The van der Waals surface area contributed by atoms with E-state index in [2.05, 4.69) is 23.7 Å². The zero-order chi connectivity index (χ0) is 18.1. The maximum atomic E-state index is 13.4. The standard InChI is InChI=1S/C22H27ClN2O/c1-3-25-19-5-4-17(23)9-18(19)13(2)20(25)21(26)24-22-10-14-6-15(11-22)8-16(7-14)12-22/h4-5,9,14-16H,3,6-8,10-12H2,1-2H3,(H,24,26). The van der Waals surface area contributed by atoms with Crippen LogP contribution in [0.15, 0.2) is 18.2 Å². The van der Waals surface area contributed by atoms with Gasteiger partial charge < -0.3 is 9.88 Å². The van der Waals surface area contributed by atoms with Crippen LogP contribution in [0.3, 0.4) is 0 Å². The Morgan fingerprint density at radius 2 is 1.81 bits per heavy atom. The lowest BCUT2D eigenvalue weighted by atomic mass is 9.53. The lowest BCUT2D eigenvalue weighted by Gasteiger charge is -2.56. The molecule has 26 heavy (non-hydrogen) atoms. The highest BCUT2D eigenvalue weighted by Gasteiger charge is 2.51. The van der Waals surface area contributed by atoms with Crippen LogP contribution < -0.4 is 5.32 Å². The van der Waals surface area contributed by atoms with E-state index >= 15 is 0 Å². The zero-order valence-corrected chi connectivity index (χ0v) is 16.4. The number of fused-ring (bicyclic) bond motifs is 1. The summed E-state index contributed by atoms with van der Waals surface area (Å²) >= 11 is 6.21. The van der Waals surface area contributed by atoms with Gasteiger partial charge in [0.05, 0.1) is 0 Å². The van der Waals surface area contributed by atoms with E-state index in [1.165, 1.54) is 38.5 Å². The molecular weight excluding hydrogens is 344 g/mol. The first kappa shape index (κ1) is 16.7. The van der Waals surface area contributed by atoms with Crippen molar-refractivity contribution in [2.45, 2.75) is 64.5 Å². The Labute approximate surface area is 160 Å². The summed E-state index contributed by atoms with van der Waals surface area (Å²) in [5, 5.41) is 5.36. The molecular formula is C22H27ClN2O. The maximum absolute atomic E-state index is 13.4. The topological polar surface area (TPSA) is 34.0 Å². The van der Waals surface area contributed by atoms with Crippen LogP contribution in [0.25, 0.3) is 10.9 Å².